The molecule has 7 aliphatic heterocycles. The minimum absolute atomic E-state index is 0.0239. The lowest BCUT2D eigenvalue weighted by atomic mass is 9.71. The van der Waals surface area contributed by atoms with E-state index in [0.29, 0.717) is 83.2 Å². The predicted octanol–water partition coefficient (Wildman–Crippen LogP) is 6.88. The molecule has 0 amide bonds. The number of rotatable bonds is 11. The second-order valence-corrected chi connectivity index (χ2v) is 18.6. The number of nitrogens with zero attached hydrogens (tertiary/aromatic N) is 3. The molecular weight excluding hydrogens is 825 g/mol. The van der Waals surface area contributed by atoms with Crippen LogP contribution < -0.4 is 29.0 Å². The third-order valence-corrected chi connectivity index (χ3v) is 15.5. The Kier molecular flexibility index (Phi) is 11.7. The molecule has 4 bridgehead atoms. The number of hydrogen-bond donors (Lipinski definition) is 3. The van der Waals surface area contributed by atoms with Crippen molar-refractivity contribution in [3.05, 3.63) is 75.4 Å². The summed E-state index contributed by atoms with van der Waals surface area (Å²) in [6.07, 6.45) is 7.89. The van der Waals surface area contributed by atoms with Crippen molar-refractivity contribution in [3.8, 4) is 46.3 Å². The highest BCUT2D eigenvalue weighted by atomic mass is 32.2. The standard InChI is InChI=1S/C48H56N4O10S/c1-7-9-10-11-12-13-35(54)62-43-26(4)44-45(61-24-60-44)37-32-22-59-47(56)48(29-20-34(57-5)33(53)19-27(29)14-15-50-48)23-63-46(38(37)43)40-39-36-28(17-25(3)42(58-6)41(36)55)18-30(51(39)16-8-2)31(21-49)52(32)40/h8,17,19-20,30-32,39-40,46,50,53,55H,2,7,9-16,18,22-24H2,1,3-6H3/t30-,31+,32+,39+,40?,46-,48-/m1/s1. The number of thioether (sulfide) groups is 1. The van der Waals surface area contributed by atoms with Crippen molar-refractivity contribution in [2.75, 3.05) is 46.5 Å². The van der Waals surface area contributed by atoms with Gasteiger partial charge in [0, 0.05) is 59.6 Å². The molecule has 15 heteroatoms. The van der Waals surface area contributed by atoms with Crippen LogP contribution in [0.5, 0.6) is 40.2 Å². The molecule has 0 aromatic heterocycles. The summed E-state index contributed by atoms with van der Waals surface area (Å²) in [5, 5.41) is 37.6. The van der Waals surface area contributed by atoms with Crippen molar-refractivity contribution in [1.82, 2.24) is 15.1 Å². The molecule has 3 N–H and O–H groups in total. The minimum atomic E-state index is -1.39. The quantitative estimate of drug-likeness (QED) is 0.0787. The molecule has 334 valence electrons. The molecule has 1 spiro atoms. The normalized spacial score (nSPS) is 26.7. The number of phenols is 2. The van der Waals surface area contributed by atoms with Crippen LogP contribution in [0, 0.1) is 25.2 Å². The van der Waals surface area contributed by atoms with Crippen molar-refractivity contribution in [3.63, 3.8) is 0 Å². The van der Waals surface area contributed by atoms with Crippen LogP contribution in [-0.2, 0) is 32.7 Å². The highest BCUT2D eigenvalue weighted by Gasteiger charge is 2.62. The lowest BCUT2D eigenvalue weighted by molar-refractivity contribution is -0.157. The molecule has 0 radical (unpaired) electrons. The minimum Gasteiger partial charge on any atom is -0.504 e. The fraction of sp³-hybridized carbons (Fsp3) is 0.521. The number of phenolic OH excluding ortho intramolecular Hbond substituents is 2. The Morgan fingerprint density at radius 1 is 1.05 bits per heavy atom. The van der Waals surface area contributed by atoms with E-state index in [0.717, 1.165) is 42.4 Å². The Bertz CT molecular complexity index is 2400. The zero-order valence-corrected chi connectivity index (χ0v) is 37.4. The maximum atomic E-state index is 15.0. The van der Waals surface area contributed by atoms with Crippen molar-refractivity contribution in [2.45, 2.75) is 113 Å². The van der Waals surface area contributed by atoms with Gasteiger partial charge in [-0.25, -0.2) is 4.79 Å². The number of esters is 2. The molecular formula is C48H56N4O10S. The lowest BCUT2D eigenvalue weighted by Gasteiger charge is -2.62. The molecule has 2 fully saturated rings. The number of aromatic hydroxyl groups is 2. The van der Waals surface area contributed by atoms with Gasteiger partial charge in [-0.1, -0.05) is 44.7 Å². The van der Waals surface area contributed by atoms with Crippen molar-refractivity contribution in [2.24, 2.45) is 0 Å². The fourth-order valence-corrected chi connectivity index (χ4v) is 13.0. The van der Waals surface area contributed by atoms with Gasteiger partial charge >= 0.3 is 11.9 Å². The summed E-state index contributed by atoms with van der Waals surface area (Å²) in [4.78, 5) is 33.5. The van der Waals surface area contributed by atoms with Crippen molar-refractivity contribution < 1.29 is 48.2 Å². The molecule has 1 unspecified atom stereocenters. The van der Waals surface area contributed by atoms with Crippen LogP contribution in [0.3, 0.4) is 0 Å². The van der Waals surface area contributed by atoms with E-state index in [9.17, 15) is 25.1 Å². The van der Waals surface area contributed by atoms with Gasteiger partial charge in [-0.05, 0) is 67.5 Å². The number of unbranched alkanes of at least 4 members (excludes halogenated alkanes) is 4. The zero-order chi connectivity index (χ0) is 44.3. The Hall–Kier alpha value is -5.14. The Morgan fingerprint density at radius 2 is 1.84 bits per heavy atom. The number of hydrogen-bond acceptors (Lipinski definition) is 15. The van der Waals surface area contributed by atoms with Crippen molar-refractivity contribution >= 4 is 23.7 Å². The first kappa shape index (κ1) is 43.1. The van der Waals surface area contributed by atoms with Crippen LogP contribution in [-0.4, -0.2) is 96.5 Å². The number of methoxy groups -OCH3 is 2. The van der Waals surface area contributed by atoms with Gasteiger partial charge in [0.2, 0.25) is 6.79 Å². The number of piperazine rings is 1. The number of nitrogens with one attached hydrogen (secondary N) is 1. The second kappa shape index (κ2) is 17.1. The van der Waals surface area contributed by atoms with Crippen LogP contribution in [0.2, 0.25) is 0 Å². The SMILES string of the molecule is C=CCN1[C@@H]2Cc3cc(C)c(OC)c(O)c3[C@H]1C1[C@@H]3SC[C@]4(NCCc5cc(O)c(OC)cc54)C(=O)OC[C@@H](c4c5c(c(C)c(OC(=O)CCCCCCC)c43)OCO5)N1[C@H]2C#N. The van der Waals surface area contributed by atoms with Crippen LogP contribution >= 0.6 is 11.8 Å². The van der Waals surface area contributed by atoms with Crippen LogP contribution in [0.25, 0.3) is 0 Å². The van der Waals surface area contributed by atoms with Gasteiger partial charge in [-0.15, -0.1) is 18.3 Å². The van der Waals surface area contributed by atoms with Gasteiger partial charge in [-0.2, -0.15) is 5.26 Å². The molecule has 14 nitrogen and oxygen atoms in total. The van der Waals surface area contributed by atoms with Crippen LogP contribution in [0.4, 0.5) is 0 Å². The third-order valence-electron chi connectivity index (χ3n) is 14.1. The number of nitriles is 1. The number of benzene rings is 3. The summed E-state index contributed by atoms with van der Waals surface area (Å²) in [5.74, 6) is 1.16. The van der Waals surface area contributed by atoms with Gasteiger partial charge in [0.05, 0.1) is 37.6 Å². The largest absolute Gasteiger partial charge is 0.504 e. The van der Waals surface area contributed by atoms with E-state index in [4.69, 9.17) is 28.4 Å². The fourth-order valence-electron chi connectivity index (χ4n) is 11.3. The maximum absolute atomic E-state index is 15.0. The summed E-state index contributed by atoms with van der Waals surface area (Å²) in [7, 11) is 3.02. The van der Waals surface area contributed by atoms with E-state index in [1.165, 1.54) is 18.9 Å². The highest BCUT2D eigenvalue weighted by molar-refractivity contribution is 7.99. The first-order valence-electron chi connectivity index (χ1n) is 22.1. The smallest absolute Gasteiger partial charge is 0.331 e. The summed E-state index contributed by atoms with van der Waals surface area (Å²) in [6.45, 7) is 10.7. The molecule has 10 rings (SSSR count). The van der Waals surface area contributed by atoms with Crippen LogP contribution in [0.15, 0.2) is 30.9 Å². The molecule has 63 heavy (non-hydrogen) atoms. The van der Waals surface area contributed by atoms with E-state index in [1.54, 1.807) is 19.2 Å². The molecule has 2 saturated heterocycles. The Morgan fingerprint density at radius 3 is 2.59 bits per heavy atom. The van der Waals surface area contributed by atoms with E-state index in [-0.39, 0.29) is 54.8 Å². The van der Waals surface area contributed by atoms with Crippen LogP contribution in [0.1, 0.15) is 107 Å². The Labute approximate surface area is 372 Å². The molecule has 7 atom stereocenters. The van der Waals surface area contributed by atoms with Gasteiger partial charge in [-0.3, -0.25) is 19.9 Å². The number of ether oxygens (including phenoxy) is 6. The molecule has 3 aromatic rings. The summed E-state index contributed by atoms with van der Waals surface area (Å²) < 4.78 is 37.1. The molecule has 0 aliphatic carbocycles. The van der Waals surface area contributed by atoms with Gasteiger partial charge in [0.1, 0.15) is 18.4 Å². The van der Waals surface area contributed by atoms with Gasteiger partial charge in [0.25, 0.3) is 0 Å². The predicted molar refractivity (Wildman–Crippen MR) is 235 cm³/mol. The first-order chi connectivity index (χ1) is 30.5. The van der Waals surface area contributed by atoms with E-state index >= 15 is 0 Å². The monoisotopic (exact) mass is 880 g/mol. The summed E-state index contributed by atoms with van der Waals surface area (Å²) in [6, 6.07) is 5.15. The molecule has 0 saturated carbocycles. The van der Waals surface area contributed by atoms with E-state index < -0.39 is 40.9 Å². The van der Waals surface area contributed by atoms with Gasteiger partial charge < -0.3 is 38.6 Å². The number of carbonyl (C=O) groups is 2. The topological polar surface area (TPSA) is 172 Å². The average Bonchev–Trinajstić information content (AvgIpc) is 3.76. The molecule has 7 aliphatic rings. The number of carbonyl (C=O) groups excluding carboxylic acids is 2. The zero-order valence-electron chi connectivity index (χ0n) is 36.6. The summed E-state index contributed by atoms with van der Waals surface area (Å²) >= 11 is 1.50. The lowest BCUT2D eigenvalue weighted by Crippen LogP contribution is -2.70. The summed E-state index contributed by atoms with van der Waals surface area (Å²) in [5.41, 5.74) is 4.42. The molecule has 3 aromatic carbocycles. The third kappa shape index (κ3) is 6.78. The number of fused-ring (bicyclic) bond motifs is 9. The Balaban J connectivity index is 1.30. The highest BCUT2D eigenvalue weighted by Crippen LogP contribution is 2.65. The number of aryl methyl sites for hydroxylation is 1. The van der Waals surface area contributed by atoms with Gasteiger partial charge in [0.15, 0.2) is 40.0 Å². The second-order valence-electron chi connectivity index (χ2n) is 17.5. The first-order valence-corrected chi connectivity index (χ1v) is 23.1. The van der Waals surface area contributed by atoms with E-state index in [2.05, 4.69) is 40.8 Å². The average molecular weight is 881 g/mol. The van der Waals surface area contributed by atoms with E-state index in [1.807, 2.05) is 19.9 Å². The van der Waals surface area contributed by atoms with Crippen molar-refractivity contribution in [1.29, 1.82) is 5.26 Å². The molecule has 7 heterocycles. The maximum Gasteiger partial charge on any atom is 0.331 e.